The summed E-state index contributed by atoms with van der Waals surface area (Å²) in [4.78, 5) is 12.0. The van der Waals surface area contributed by atoms with Crippen molar-refractivity contribution in [2.45, 2.75) is 13.0 Å². The molecular weight excluding hydrogens is 391 g/mol. The second-order valence-corrected chi connectivity index (χ2v) is 6.05. The molecule has 0 aliphatic rings. The van der Waals surface area contributed by atoms with Crippen molar-refractivity contribution in [1.29, 1.82) is 0 Å². The molecule has 4 nitrogen and oxygen atoms in total. The fraction of sp³-hybridized carbons (Fsp3) is 0.235. The maximum atomic E-state index is 12.0. The number of amides is 1. The average molecular weight is 410 g/mol. The first-order valence-electron chi connectivity index (χ1n) is 7.01. The van der Waals surface area contributed by atoms with Crippen molar-refractivity contribution >= 4 is 39.9 Å². The summed E-state index contributed by atoms with van der Waals surface area (Å²) in [5.41, 5.74) is 2.81. The molecule has 0 saturated heterocycles. The number of carbonyl (C=O) groups excluding carboxylic acids is 1. The Labute approximate surface area is 144 Å². The third-order valence-electron chi connectivity index (χ3n) is 3.31. The van der Waals surface area contributed by atoms with Gasteiger partial charge in [0.1, 0.15) is 0 Å². The average Bonchev–Trinajstić information content (AvgIpc) is 2.54. The summed E-state index contributed by atoms with van der Waals surface area (Å²) < 4.78 is 6.32. The van der Waals surface area contributed by atoms with E-state index in [1.54, 1.807) is 7.11 Å². The third-order valence-corrected chi connectivity index (χ3v) is 4.25. The van der Waals surface area contributed by atoms with Gasteiger partial charge < -0.3 is 15.4 Å². The SMILES string of the molecule is COC(C)c1cccc(NCC(=O)Nc2ccccc2I)c1. The zero-order valence-electron chi connectivity index (χ0n) is 12.6. The minimum Gasteiger partial charge on any atom is -0.377 e. The van der Waals surface area contributed by atoms with E-state index < -0.39 is 0 Å². The standard InChI is InChI=1S/C17H19IN2O2/c1-12(22-2)13-6-5-7-14(10-13)19-11-17(21)20-16-9-4-3-8-15(16)18/h3-10,12,19H,11H2,1-2H3,(H,20,21). The lowest BCUT2D eigenvalue weighted by Gasteiger charge is -2.13. The van der Waals surface area contributed by atoms with Gasteiger partial charge in [0.05, 0.1) is 18.3 Å². The van der Waals surface area contributed by atoms with E-state index in [2.05, 4.69) is 33.2 Å². The molecule has 2 N–H and O–H groups in total. The predicted octanol–water partition coefficient (Wildman–Crippen LogP) is 4.05. The Kier molecular flexibility index (Phi) is 6.21. The van der Waals surface area contributed by atoms with E-state index in [-0.39, 0.29) is 18.6 Å². The zero-order chi connectivity index (χ0) is 15.9. The summed E-state index contributed by atoms with van der Waals surface area (Å²) in [6.45, 7) is 2.21. The maximum Gasteiger partial charge on any atom is 0.243 e. The van der Waals surface area contributed by atoms with Gasteiger partial charge >= 0.3 is 0 Å². The number of carbonyl (C=O) groups is 1. The maximum absolute atomic E-state index is 12.0. The summed E-state index contributed by atoms with van der Waals surface area (Å²) in [6.07, 6.45) is 0.0291. The van der Waals surface area contributed by atoms with Gasteiger partial charge in [-0.25, -0.2) is 0 Å². The summed E-state index contributed by atoms with van der Waals surface area (Å²) in [5.74, 6) is -0.0747. The monoisotopic (exact) mass is 410 g/mol. The van der Waals surface area contributed by atoms with Crippen LogP contribution in [0.25, 0.3) is 0 Å². The molecule has 0 aliphatic heterocycles. The molecule has 0 aliphatic carbocycles. The van der Waals surface area contributed by atoms with Crippen LogP contribution in [0.15, 0.2) is 48.5 Å². The highest BCUT2D eigenvalue weighted by molar-refractivity contribution is 14.1. The molecule has 22 heavy (non-hydrogen) atoms. The molecule has 116 valence electrons. The van der Waals surface area contributed by atoms with Crippen LogP contribution in [0, 0.1) is 3.57 Å². The first-order chi connectivity index (χ1) is 10.6. The van der Waals surface area contributed by atoms with Crippen LogP contribution in [0.1, 0.15) is 18.6 Å². The summed E-state index contributed by atoms with van der Waals surface area (Å²) in [5, 5.41) is 6.03. The Bertz CT molecular complexity index is 646. The van der Waals surface area contributed by atoms with Crippen molar-refractivity contribution in [3.63, 3.8) is 0 Å². The van der Waals surface area contributed by atoms with E-state index in [1.807, 2.05) is 55.5 Å². The molecule has 2 rings (SSSR count). The van der Waals surface area contributed by atoms with Gasteiger partial charge in [0, 0.05) is 16.4 Å². The van der Waals surface area contributed by atoms with Gasteiger partial charge in [-0.1, -0.05) is 24.3 Å². The quantitative estimate of drug-likeness (QED) is 0.707. The molecule has 0 radical (unpaired) electrons. The molecule has 2 aromatic rings. The molecule has 0 fully saturated rings. The molecular formula is C17H19IN2O2. The van der Waals surface area contributed by atoms with Crippen molar-refractivity contribution in [3.05, 3.63) is 57.7 Å². The van der Waals surface area contributed by atoms with Crippen LogP contribution in [0.5, 0.6) is 0 Å². The number of rotatable bonds is 6. The minimum atomic E-state index is -0.0747. The first kappa shape index (κ1) is 16.8. The summed E-state index contributed by atoms with van der Waals surface area (Å²) in [7, 11) is 1.68. The van der Waals surface area contributed by atoms with Gasteiger partial charge in [-0.05, 0) is 59.3 Å². The predicted molar refractivity (Wildman–Crippen MR) is 98.1 cm³/mol. The number of benzene rings is 2. The van der Waals surface area contributed by atoms with Gasteiger partial charge in [-0.2, -0.15) is 0 Å². The molecule has 2 aromatic carbocycles. The second-order valence-electron chi connectivity index (χ2n) is 4.88. The van der Waals surface area contributed by atoms with Gasteiger partial charge in [-0.3, -0.25) is 4.79 Å². The van der Waals surface area contributed by atoms with Crippen molar-refractivity contribution in [2.75, 3.05) is 24.3 Å². The van der Waals surface area contributed by atoms with E-state index >= 15 is 0 Å². The molecule has 0 bridgehead atoms. The Hall–Kier alpha value is -1.60. The van der Waals surface area contributed by atoms with Crippen molar-refractivity contribution < 1.29 is 9.53 Å². The molecule has 0 heterocycles. The lowest BCUT2D eigenvalue weighted by molar-refractivity contribution is -0.114. The van der Waals surface area contributed by atoms with Crippen LogP contribution in [0.4, 0.5) is 11.4 Å². The summed E-state index contributed by atoms with van der Waals surface area (Å²) in [6, 6.07) is 15.6. The molecule has 1 atom stereocenters. The topological polar surface area (TPSA) is 50.4 Å². The lowest BCUT2D eigenvalue weighted by Crippen LogP contribution is -2.22. The fourth-order valence-corrected chi connectivity index (χ4v) is 2.50. The number of halogens is 1. The fourth-order valence-electron chi connectivity index (χ4n) is 1.98. The summed E-state index contributed by atoms with van der Waals surface area (Å²) >= 11 is 2.20. The number of para-hydroxylation sites is 1. The van der Waals surface area contributed by atoms with Crippen LogP contribution >= 0.6 is 22.6 Å². The van der Waals surface area contributed by atoms with E-state index in [0.29, 0.717) is 0 Å². The van der Waals surface area contributed by atoms with Crippen LogP contribution in [-0.2, 0) is 9.53 Å². The molecule has 0 aromatic heterocycles. The molecule has 0 saturated carbocycles. The zero-order valence-corrected chi connectivity index (χ0v) is 14.8. The van der Waals surface area contributed by atoms with Crippen molar-refractivity contribution in [1.82, 2.24) is 0 Å². The Balaban J connectivity index is 1.93. The van der Waals surface area contributed by atoms with Crippen LogP contribution in [-0.4, -0.2) is 19.6 Å². The van der Waals surface area contributed by atoms with Crippen LogP contribution in [0.2, 0.25) is 0 Å². The van der Waals surface area contributed by atoms with Crippen LogP contribution < -0.4 is 10.6 Å². The number of anilines is 2. The number of hydrogen-bond donors (Lipinski definition) is 2. The van der Waals surface area contributed by atoms with E-state index in [9.17, 15) is 4.79 Å². The number of methoxy groups -OCH3 is 1. The van der Waals surface area contributed by atoms with E-state index in [0.717, 1.165) is 20.5 Å². The minimum absolute atomic E-state index is 0.0291. The number of nitrogens with one attached hydrogen (secondary N) is 2. The smallest absolute Gasteiger partial charge is 0.243 e. The largest absolute Gasteiger partial charge is 0.377 e. The highest BCUT2D eigenvalue weighted by Gasteiger charge is 2.07. The van der Waals surface area contributed by atoms with Gasteiger partial charge in [-0.15, -0.1) is 0 Å². The molecule has 1 unspecified atom stereocenters. The normalized spacial score (nSPS) is 11.8. The second kappa shape index (κ2) is 8.14. The number of ether oxygens (including phenoxy) is 1. The molecule has 1 amide bonds. The Morgan fingerprint density at radius 3 is 2.73 bits per heavy atom. The Morgan fingerprint density at radius 1 is 1.23 bits per heavy atom. The number of hydrogen-bond acceptors (Lipinski definition) is 3. The molecule has 0 spiro atoms. The highest BCUT2D eigenvalue weighted by atomic mass is 127. The van der Waals surface area contributed by atoms with Crippen molar-refractivity contribution in [3.8, 4) is 0 Å². The third kappa shape index (κ3) is 4.71. The van der Waals surface area contributed by atoms with Gasteiger partial charge in [0.2, 0.25) is 5.91 Å². The van der Waals surface area contributed by atoms with Gasteiger partial charge in [0.15, 0.2) is 0 Å². The highest BCUT2D eigenvalue weighted by Crippen LogP contribution is 2.20. The Morgan fingerprint density at radius 2 is 2.00 bits per heavy atom. The van der Waals surface area contributed by atoms with Crippen LogP contribution in [0.3, 0.4) is 0 Å². The molecule has 5 heteroatoms. The lowest BCUT2D eigenvalue weighted by atomic mass is 10.1. The van der Waals surface area contributed by atoms with Gasteiger partial charge in [0.25, 0.3) is 0 Å². The van der Waals surface area contributed by atoms with Crippen molar-refractivity contribution in [2.24, 2.45) is 0 Å². The van der Waals surface area contributed by atoms with E-state index in [1.165, 1.54) is 0 Å². The van der Waals surface area contributed by atoms with E-state index in [4.69, 9.17) is 4.74 Å². The first-order valence-corrected chi connectivity index (χ1v) is 8.09.